The summed E-state index contributed by atoms with van der Waals surface area (Å²) in [7, 11) is 0. The van der Waals surface area contributed by atoms with Gasteiger partial charge in [-0.05, 0) is 35.5 Å². The number of carbonyl (C=O) groups is 1. The van der Waals surface area contributed by atoms with Crippen LogP contribution in [0.3, 0.4) is 0 Å². The summed E-state index contributed by atoms with van der Waals surface area (Å²) >= 11 is 12.2. The van der Waals surface area contributed by atoms with Gasteiger partial charge in [0.15, 0.2) is 0 Å². The topological polar surface area (TPSA) is 67.2 Å². The van der Waals surface area contributed by atoms with Crippen LogP contribution in [0.2, 0.25) is 10.0 Å². The van der Waals surface area contributed by atoms with E-state index >= 15 is 0 Å². The van der Waals surface area contributed by atoms with Gasteiger partial charge in [0.05, 0.1) is 5.02 Å². The van der Waals surface area contributed by atoms with Gasteiger partial charge in [0.1, 0.15) is 6.54 Å². The molecule has 7 nitrogen and oxygen atoms in total. The number of piperazine rings is 1. The van der Waals surface area contributed by atoms with Gasteiger partial charge >= 0.3 is 0 Å². The molecule has 1 aliphatic rings. The molecule has 2 heterocycles. The minimum absolute atomic E-state index is 0.0335. The Kier molecular flexibility index (Phi) is 5.45. The number of nitrogens with zero attached hydrogens (tertiary/aromatic N) is 6. The van der Waals surface area contributed by atoms with E-state index in [0.29, 0.717) is 34.5 Å². The monoisotopic (exact) mass is 416 g/mol. The number of carbonyl (C=O) groups excluding carboxylic acids is 1. The molecule has 0 aliphatic carbocycles. The molecular formula is C19H18Cl2N6O. The van der Waals surface area contributed by atoms with Crippen LogP contribution >= 0.6 is 23.2 Å². The fourth-order valence-corrected chi connectivity index (χ4v) is 3.57. The van der Waals surface area contributed by atoms with Gasteiger partial charge in [-0.2, -0.15) is 4.80 Å². The molecule has 0 N–H and O–H groups in total. The largest absolute Gasteiger partial charge is 0.368 e. The molecule has 1 aromatic heterocycles. The third-order valence-corrected chi connectivity index (χ3v) is 5.21. The Bertz CT molecular complexity index is 984. The predicted molar refractivity (Wildman–Crippen MR) is 109 cm³/mol. The quantitative estimate of drug-likeness (QED) is 0.653. The van der Waals surface area contributed by atoms with Gasteiger partial charge in [-0.25, -0.2) is 0 Å². The highest BCUT2D eigenvalue weighted by atomic mass is 35.5. The van der Waals surface area contributed by atoms with Gasteiger partial charge < -0.3 is 9.80 Å². The molecule has 0 radical (unpaired) electrons. The van der Waals surface area contributed by atoms with E-state index in [2.05, 4.69) is 20.3 Å². The molecule has 0 bridgehead atoms. The Labute approximate surface area is 172 Å². The van der Waals surface area contributed by atoms with Crippen LogP contribution < -0.4 is 4.90 Å². The number of tetrazole rings is 1. The average Bonchev–Trinajstić information content (AvgIpc) is 3.16. The van der Waals surface area contributed by atoms with Gasteiger partial charge in [-0.15, -0.1) is 10.2 Å². The summed E-state index contributed by atoms with van der Waals surface area (Å²) in [5.41, 5.74) is 1.76. The van der Waals surface area contributed by atoms with Gasteiger partial charge in [0.25, 0.3) is 0 Å². The lowest BCUT2D eigenvalue weighted by molar-refractivity contribution is -0.132. The molecule has 1 saturated heterocycles. The first kappa shape index (κ1) is 18.7. The first-order valence-corrected chi connectivity index (χ1v) is 9.67. The van der Waals surface area contributed by atoms with Crippen molar-refractivity contribution >= 4 is 34.8 Å². The molecule has 4 rings (SSSR count). The number of rotatable bonds is 4. The summed E-state index contributed by atoms with van der Waals surface area (Å²) in [5, 5.41) is 13.5. The summed E-state index contributed by atoms with van der Waals surface area (Å²) in [6.45, 7) is 2.83. The lowest BCUT2D eigenvalue weighted by atomic mass is 10.2. The first-order valence-electron chi connectivity index (χ1n) is 8.91. The maximum absolute atomic E-state index is 12.6. The standard InChI is InChI=1S/C19H18Cl2N6O/c20-14-4-3-5-15(12-14)25-8-10-26(11-9-25)18(28)13-27-23-19(22-24-27)16-6-1-2-7-17(16)21/h1-7,12H,8-11,13H2. The molecule has 2 aromatic carbocycles. The Morgan fingerprint density at radius 2 is 1.79 bits per heavy atom. The average molecular weight is 417 g/mol. The molecule has 28 heavy (non-hydrogen) atoms. The Hall–Kier alpha value is -2.64. The number of halogens is 2. The molecule has 1 fully saturated rings. The summed E-state index contributed by atoms with van der Waals surface area (Å²) in [6, 6.07) is 15.0. The van der Waals surface area contributed by atoms with Crippen molar-refractivity contribution in [1.82, 2.24) is 25.1 Å². The van der Waals surface area contributed by atoms with Gasteiger partial charge in [0, 0.05) is 42.5 Å². The second kappa shape index (κ2) is 8.16. The van der Waals surface area contributed by atoms with E-state index in [9.17, 15) is 4.79 Å². The number of amides is 1. The zero-order valence-electron chi connectivity index (χ0n) is 15.0. The highest BCUT2D eigenvalue weighted by Gasteiger charge is 2.22. The van der Waals surface area contributed by atoms with Crippen molar-refractivity contribution in [3.05, 3.63) is 58.6 Å². The number of hydrogen-bond acceptors (Lipinski definition) is 5. The van der Waals surface area contributed by atoms with Crippen LogP contribution in [0.5, 0.6) is 0 Å². The second-order valence-corrected chi connectivity index (χ2v) is 7.31. The van der Waals surface area contributed by atoms with Crippen LogP contribution in [-0.4, -0.2) is 57.2 Å². The van der Waals surface area contributed by atoms with E-state index in [-0.39, 0.29) is 12.5 Å². The van der Waals surface area contributed by atoms with Gasteiger partial charge in [-0.1, -0.05) is 41.4 Å². The van der Waals surface area contributed by atoms with Crippen molar-refractivity contribution in [2.75, 3.05) is 31.1 Å². The zero-order valence-corrected chi connectivity index (χ0v) is 16.5. The number of anilines is 1. The molecule has 144 valence electrons. The highest BCUT2D eigenvalue weighted by Crippen LogP contribution is 2.24. The smallest absolute Gasteiger partial charge is 0.246 e. The second-order valence-electron chi connectivity index (χ2n) is 6.47. The summed E-state index contributed by atoms with van der Waals surface area (Å²) < 4.78 is 0. The van der Waals surface area contributed by atoms with Crippen molar-refractivity contribution in [2.24, 2.45) is 0 Å². The minimum atomic E-state index is -0.0335. The van der Waals surface area contributed by atoms with Crippen molar-refractivity contribution in [1.29, 1.82) is 0 Å². The van der Waals surface area contributed by atoms with E-state index in [0.717, 1.165) is 18.8 Å². The molecular weight excluding hydrogens is 399 g/mol. The zero-order chi connectivity index (χ0) is 19.5. The van der Waals surface area contributed by atoms with Crippen molar-refractivity contribution in [3.8, 4) is 11.4 Å². The number of benzene rings is 2. The summed E-state index contributed by atoms with van der Waals surface area (Å²) in [6.07, 6.45) is 0. The predicted octanol–water partition coefficient (Wildman–Crippen LogP) is 3.00. The Morgan fingerprint density at radius 3 is 2.54 bits per heavy atom. The van der Waals surface area contributed by atoms with E-state index in [1.807, 2.05) is 47.4 Å². The number of aromatic nitrogens is 4. The van der Waals surface area contributed by atoms with E-state index in [4.69, 9.17) is 23.2 Å². The lowest BCUT2D eigenvalue weighted by Gasteiger charge is -2.36. The minimum Gasteiger partial charge on any atom is -0.368 e. The van der Waals surface area contributed by atoms with Crippen molar-refractivity contribution in [2.45, 2.75) is 6.54 Å². The fraction of sp³-hybridized carbons (Fsp3) is 0.263. The maximum Gasteiger partial charge on any atom is 0.246 e. The van der Waals surface area contributed by atoms with Crippen LogP contribution in [0.15, 0.2) is 48.5 Å². The lowest BCUT2D eigenvalue weighted by Crippen LogP contribution is -2.49. The third-order valence-electron chi connectivity index (χ3n) is 4.65. The molecule has 1 aliphatic heterocycles. The van der Waals surface area contributed by atoms with Crippen LogP contribution in [-0.2, 0) is 11.3 Å². The first-order chi connectivity index (χ1) is 13.6. The fourth-order valence-electron chi connectivity index (χ4n) is 3.17. The highest BCUT2D eigenvalue weighted by molar-refractivity contribution is 6.33. The molecule has 9 heteroatoms. The summed E-state index contributed by atoms with van der Waals surface area (Å²) in [5.74, 6) is 0.373. The van der Waals surface area contributed by atoms with Crippen LogP contribution in [0, 0.1) is 0 Å². The molecule has 0 unspecified atom stereocenters. The van der Waals surface area contributed by atoms with Crippen molar-refractivity contribution < 1.29 is 4.79 Å². The molecule has 0 atom stereocenters. The molecule has 1 amide bonds. The van der Waals surface area contributed by atoms with E-state index < -0.39 is 0 Å². The van der Waals surface area contributed by atoms with Crippen LogP contribution in [0.1, 0.15) is 0 Å². The maximum atomic E-state index is 12.6. The van der Waals surface area contributed by atoms with Gasteiger partial charge in [0.2, 0.25) is 11.7 Å². The Morgan fingerprint density at radius 1 is 1.00 bits per heavy atom. The molecule has 0 spiro atoms. The normalized spacial score (nSPS) is 14.4. The van der Waals surface area contributed by atoms with Crippen LogP contribution in [0.4, 0.5) is 5.69 Å². The van der Waals surface area contributed by atoms with E-state index in [1.54, 1.807) is 6.07 Å². The Balaban J connectivity index is 1.36. The third kappa shape index (κ3) is 4.10. The molecule has 3 aromatic rings. The van der Waals surface area contributed by atoms with Crippen LogP contribution in [0.25, 0.3) is 11.4 Å². The SMILES string of the molecule is O=C(Cn1nnc(-c2ccccc2Cl)n1)N1CCN(c2cccc(Cl)c2)CC1. The van der Waals surface area contributed by atoms with Gasteiger partial charge in [-0.3, -0.25) is 4.79 Å². The van der Waals surface area contributed by atoms with Crippen molar-refractivity contribution in [3.63, 3.8) is 0 Å². The molecule has 0 saturated carbocycles. The van der Waals surface area contributed by atoms with E-state index in [1.165, 1.54) is 4.80 Å². The summed E-state index contributed by atoms with van der Waals surface area (Å²) in [4.78, 5) is 18.0. The number of hydrogen-bond donors (Lipinski definition) is 0.